The summed E-state index contributed by atoms with van der Waals surface area (Å²) in [5.74, 6) is 0. The molecule has 290 valence electrons. The highest BCUT2D eigenvalue weighted by Gasteiger charge is 2.25. The van der Waals surface area contributed by atoms with Crippen LogP contribution in [-0.4, -0.2) is 15.0 Å². The normalized spacial score (nSPS) is 11.2. The Hall–Kier alpha value is -8.27. The highest BCUT2D eigenvalue weighted by molar-refractivity contribution is 6.06. The van der Waals surface area contributed by atoms with E-state index in [2.05, 4.69) is 231 Å². The number of aromatic nitrogens is 3. The number of hydrogen-bond donors (Lipinski definition) is 0. The molecule has 3 heterocycles. The molecule has 0 spiro atoms. The van der Waals surface area contributed by atoms with Crippen molar-refractivity contribution in [3.05, 3.63) is 237 Å². The van der Waals surface area contributed by atoms with Crippen molar-refractivity contribution in [1.29, 1.82) is 0 Å². The van der Waals surface area contributed by atoms with E-state index in [1.54, 1.807) is 0 Å². The highest BCUT2D eigenvalue weighted by Crippen LogP contribution is 2.49. The molecule has 11 rings (SSSR count). The summed E-state index contributed by atoms with van der Waals surface area (Å²) in [5.41, 5.74) is 18.7. The standard InChI is InChI=1S/C59H39N3/c1-6-18-40(19-7-1)51-36-34-45-32-33-46-35-37-52(61-59(46)58(45)60-51)49-30-16-28-47(38-49)48-29-17-31-50(39-48)53-54(41-20-8-2-9-21-41)56(43-24-12-4-13-25-43)62-57(44-26-14-5-15-27-44)55(53)42-22-10-3-11-23-42/h1-39H. The second-order valence-electron chi connectivity index (χ2n) is 15.5. The fourth-order valence-electron chi connectivity index (χ4n) is 8.67. The third-order valence-corrected chi connectivity index (χ3v) is 11.6. The molecular weight excluding hydrogens is 751 g/mol. The second-order valence-corrected chi connectivity index (χ2v) is 15.5. The van der Waals surface area contributed by atoms with Crippen LogP contribution < -0.4 is 0 Å². The molecule has 3 aromatic heterocycles. The van der Waals surface area contributed by atoms with Crippen LogP contribution in [0.5, 0.6) is 0 Å². The highest BCUT2D eigenvalue weighted by atomic mass is 14.8. The molecule has 0 radical (unpaired) electrons. The van der Waals surface area contributed by atoms with Crippen LogP contribution >= 0.6 is 0 Å². The Balaban J connectivity index is 1.10. The molecule has 0 bridgehead atoms. The van der Waals surface area contributed by atoms with E-state index >= 15 is 0 Å². The Kier molecular flexibility index (Phi) is 9.53. The van der Waals surface area contributed by atoms with Crippen LogP contribution in [0.4, 0.5) is 0 Å². The molecule has 0 atom stereocenters. The smallest absolute Gasteiger partial charge is 0.0972 e. The quantitative estimate of drug-likeness (QED) is 0.144. The number of hydrogen-bond acceptors (Lipinski definition) is 3. The van der Waals surface area contributed by atoms with E-state index < -0.39 is 0 Å². The topological polar surface area (TPSA) is 38.7 Å². The molecule has 0 aliphatic carbocycles. The molecule has 3 heteroatoms. The van der Waals surface area contributed by atoms with E-state index in [0.29, 0.717) is 0 Å². The molecule has 11 aromatic rings. The summed E-state index contributed by atoms with van der Waals surface area (Å²) in [6.07, 6.45) is 0. The van der Waals surface area contributed by atoms with Crippen LogP contribution in [0.2, 0.25) is 0 Å². The van der Waals surface area contributed by atoms with Crippen molar-refractivity contribution in [3.63, 3.8) is 0 Å². The molecule has 0 N–H and O–H groups in total. The Bertz CT molecular complexity index is 3270. The third-order valence-electron chi connectivity index (χ3n) is 11.6. The fraction of sp³-hybridized carbons (Fsp3) is 0. The first-order chi connectivity index (χ1) is 30.7. The van der Waals surface area contributed by atoms with Gasteiger partial charge in [-0.3, -0.25) is 0 Å². The van der Waals surface area contributed by atoms with Crippen LogP contribution in [0.15, 0.2) is 237 Å². The number of nitrogens with zero attached hydrogens (tertiary/aromatic N) is 3. The minimum Gasteiger partial charge on any atom is -0.246 e. The van der Waals surface area contributed by atoms with Gasteiger partial charge >= 0.3 is 0 Å². The van der Waals surface area contributed by atoms with Crippen molar-refractivity contribution in [2.75, 3.05) is 0 Å². The predicted octanol–water partition coefficient (Wildman–Crippen LogP) is 15.5. The number of pyridine rings is 3. The van der Waals surface area contributed by atoms with Crippen molar-refractivity contribution < 1.29 is 0 Å². The van der Waals surface area contributed by atoms with E-state index in [0.717, 1.165) is 111 Å². The van der Waals surface area contributed by atoms with Gasteiger partial charge in [0.1, 0.15) is 0 Å². The average Bonchev–Trinajstić information content (AvgIpc) is 3.36. The van der Waals surface area contributed by atoms with Crippen molar-refractivity contribution in [1.82, 2.24) is 15.0 Å². The number of rotatable bonds is 8. The van der Waals surface area contributed by atoms with Crippen molar-refractivity contribution in [2.24, 2.45) is 0 Å². The first-order valence-corrected chi connectivity index (χ1v) is 21.0. The predicted molar refractivity (Wildman–Crippen MR) is 258 cm³/mol. The maximum absolute atomic E-state index is 5.63. The maximum Gasteiger partial charge on any atom is 0.0972 e. The first kappa shape index (κ1) is 36.8. The summed E-state index contributed by atoms with van der Waals surface area (Å²) in [7, 11) is 0. The van der Waals surface area contributed by atoms with E-state index in [4.69, 9.17) is 15.0 Å². The second kappa shape index (κ2) is 16.1. The van der Waals surface area contributed by atoms with Gasteiger partial charge in [0.05, 0.1) is 33.8 Å². The SMILES string of the molecule is c1ccc(-c2ccc3ccc4ccc(-c5cccc(-c6cccc(-c7c(-c8ccccc8)c(-c8ccccc8)nc(-c8ccccc8)c7-c7ccccc7)c6)c5)nc4c3n2)cc1. The molecule has 0 aliphatic rings. The molecule has 0 saturated heterocycles. The zero-order valence-electron chi connectivity index (χ0n) is 33.9. The lowest BCUT2D eigenvalue weighted by Gasteiger charge is -2.23. The van der Waals surface area contributed by atoms with E-state index in [9.17, 15) is 0 Å². The van der Waals surface area contributed by atoms with Crippen LogP contribution in [0, 0.1) is 0 Å². The lowest BCUT2D eigenvalue weighted by molar-refractivity contribution is 1.32. The number of fused-ring (bicyclic) bond motifs is 3. The van der Waals surface area contributed by atoms with Gasteiger partial charge in [0.15, 0.2) is 0 Å². The molecule has 0 aliphatic heterocycles. The van der Waals surface area contributed by atoms with E-state index in [1.807, 2.05) is 6.07 Å². The Labute approximate surface area is 361 Å². The molecule has 0 amide bonds. The van der Waals surface area contributed by atoms with Gasteiger partial charge in [-0.2, -0.15) is 0 Å². The van der Waals surface area contributed by atoms with Gasteiger partial charge in [0, 0.05) is 49.7 Å². The maximum atomic E-state index is 5.63. The zero-order valence-corrected chi connectivity index (χ0v) is 33.9. The molecule has 0 saturated carbocycles. The molecular formula is C59H39N3. The van der Waals surface area contributed by atoms with Gasteiger partial charge in [-0.1, -0.05) is 212 Å². The fourth-order valence-corrected chi connectivity index (χ4v) is 8.67. The zero-order chi connectivity index (χ0) is 41.2. The van der Waals surface area contributed by atoms with E-state index in [1.165, 1.54) is 0 Å². The average molecular weight is 790 g/mol. The van der Waals surface area contributed by atoms with Gasteiger partial charge < -0.3 is 0 Å². The van der Waals surface area contributed by atoms with Gasteiger partial charge in [-0.15, -0.1) is 0 Å². The minimum absolute atomic E-state index is 0.896. The molecule has 0 unspecified atom stereocenters. The monoisotopic (exact) mass is 789 g/mol. The lowest BCUT2D eigenvalue weighted by Crippen LogP contribution is -2.01. The van der Waals surface area contributed by atoms with Crippen LogP contribution in [0.25, 0.3) is 111 Å². The van der Waals surface area contributed by atoms with Crippen molar-refractivity contribution in [3.8, 4) is 89.5 Å². The molecule has 62 heavy (non-hydrogen) atoms. The van der Waals surface area contributed by atoms with Gasteiger partial charge in [0.25, 0.3) is 0 Å². The largest absolute Gasteiger partial charge is 0.246 e. The minimum atomic E-state index is 0.896. The number of benzene rings is 8. The Morgan fingerprint density at radius 1 is 0.210 bits per heavy atom. The van der Waals surface area contributed by atoms with Gasteiger partial charge in [-0.25, -0.2) is 15.0 Å². The summed E-state index contributed by atoms with van der Waals surface area (Å²) in [4.78, 5) is 16.1. The van der Waals surface area contributed by atoms with Crippen LogP contribution in [0.3, 0.4) is 0 Å². The van der Waals surface area contributed by atoms with Crippen LogP contribution in [-0.2, 0) is 0 Å². The Morgan fingerprint density at radius 3 is 1.02 bits per heavy atom. The molecule has 8 aromatic carbocycles. The van der Waals surface area contributed by atoms with Gasteiger partial charge in [-0.05, 0) is 52.1 Å². The summed E-state index contributed by atoms with van der Waals surface area (Å²) in [6.45, 7) is 0. The van der Waals surface area contributed by atoms with Crippen LogP contribution in [0.1, 0.15) is 0 Å². The molecule has 0 fully saturated rings. The first-order valence-electron chi connectivity index (χ1n) is 21.0. The Morgan fingerprint density at radius 2 is 0.548 bits per heavy atom. The lowest BCUT2D eigenvalue weighted by atomic mass is 9.82. The van der Waals surface area contributed by atoms with Crippen molar-refractivity contribution in [2.45, 2.75) is 0 Å². The molecule has 3 nitrogen and oxygen atoms in total. The summed E-state index contributed by atoms with van der Waals surface area (Å²) >= 11 is 0. The van der Waals surface area contributed by atoms with Crippen molar-refractivity contribution >= 4 is 21.8 Å². The van der Waals surface area contributed by atoms with Gasteiger partial charge in [0.2, 0.25) is 0 Å². The van der Waals surface area contributed by atoms with E-state index in [-0.39, 0.29) is 0 Å². The summed E-state index contributed by atoms with van der Waals surface area (Å²) in [6, 6.07) is 83.5. The third kappa shape index (κ3) is 6.92. The summed E-state index contributed by atoms with van der Waals surface area (Å²) in [5, 5.41) is 2.13. The summed E-state index contributed by atoms with van der Waals surface area (Å²) < 4.78 is 0.